The van der Waals surface area contributed by atoms with E-state index in [1.54, 1.807) is 0 Å². The fraction of sp³-hybridized carbons (Fsp3) is 0.889. The van der Waals surface area contributed by atoms with Gasteiger partial charge in [-0.15, -0.1) is 0 Å². The highest BCUT2D eigenvalue weighted by Gasteiger charge is 2.15. The first kappa shape index (κ1) is 9.67. The molecule has 0 bridgehead atoms. The minimum absolute atomic E-state index is 0.259. The summed E-state index contributed by atoms with van der Waals surface area (Å²) >= 11 is 0. The maximum Gasteiger partial charge on any atom is 0.135 e. The molecule has 2 atom stereocenters. The monoisotopic (exact) mass is 142 g/mol. The average molecular weight is 142 g/mol. The number of carbonyl (C=O) groups is 1. The summed E-state index contributed by atoms with van der Waals surface area (Å²) in [4.78, 5) is 11.1. The molecule has 0 radical (unpaired) electrons. The molecule has 0 saturated carbocycles. The van der Waals surface area contributed by atoms with Crippen LogP contribution < -0.4 is 0 Å². The van der Waals surface area contributed by atoms with E-state index >= 15 is 0 Å². The zero-order chi connectivity index (χ0) is 8.15. The van der Waals surface area contributed by atoms with Crippen LogP contribution in [0.2, 0.25) is 0 Å². The van der Waals surface area contributed by atoms with Crippen molar-refractivity contribution in [1.82, 2.24) is 0 Å². The van der Waals surface area contributed by atoms with Gasteiger partial charge in [0.1, 0.15) is 5.78 Å². The second kappa shape index (κ2) is 4.48. The van der Waals surface area contributed by atoms with E-state index in [1.807, 2.05) is 13.8 Å². The molecule has 0 aliphatic carbocycles. The number of carbonyl (C=O) groups excluding carboxylic acids is 1. The summed E-state index contributed by atoms with van der Waals surface area (Å²) < 4.78 is 0. The van der Waals surface area contributed by atoms with Crippen molar-refractivity contribution >= 4 is 5.78 Å². The van der Waals surface area contributed by atoms with Gasteiger partial charge in [-0.1, -0.05) is 34.1 Å². The van der Waals surface area contributed by atoms with Crippen LogP contribution in [0.3, 0.4) is 0 Å². The highest BCUT2D eigenvalue weighted by molar-refractivity contribution is 5.80. The van der Waals surface area contributed by atoms with Gasteiger partial charge in [-0.25, -0.2) is 0 Å². The van der Waals surface area contributed by atoms with Gasteiger partial charge in [0.15, 0.2) is 0 Å². The van der Waals surface area contributed by atoms with Crippen LogP contribution in [0.25, 0.3) is 0 Å². The third kappa shape index (κ3) is 2.51. The van der Waals surface area contributed by atoms with Gasteiger partial charge in [-0.3, -0.25) is 4.79 Å². The topological polar surface area (TPSA) is 17.1 Å². The fourth-order valence-electron chi connectivity index (χ4n) is 0.993. The summed E-state index contributed by atoms with van der Waals surface area (Å²) in [5.74, 6) is 1.21. The molecule has 0 saturated heterocycles. The van der Waals surface area contributed by atoms with Crippen LogP contribution in [0.15, 0.2) is 0 Å². The molecule has 0 aliphatic heterocycles. The molecule has 0 unspecified atom stereocenters. The number of rotatable bonds is 4. The van der Waals surface area contributed by atoms with E-state index in [1.165, 1.54) is 0 Å². The van der Waals surface area contributed by atoms with Crippen LogP contribution >= 0.6 is 0 Å². The summed E-state index contributed by atoms with van der Waals surface area (Å²) in [5.41, 5.74) is 0. The van der Waals surface area contributed by atoms with Crippen LogP contribution in [-0.2, 0) is 4.79 Å². The molecule has 0 N–H and O–H groups in total. The van der Waals surface area contributed by atoms with E-state index in [2.05, 4.69) is 13.8 Å². The van der Waals surface area contributed by atoms with Crippen molar-refractivity contribution in [2.45, 2.75) is 40.5 Å². The SMILES string of the molecule is CCC(=O)[C@@H](C)[C@@H](C)CC. The van der Waals surface area contributed by atoms with Gasteiger partial charge in [-0.2, -0.15) is 0 Å². The molecule has 0 aromatic carbocycles. The van der Waals surface area contributed by atoms with Crippen molar-refractivity contribution in [3.63, 3.8) is 0 Å². The Kier molecular flexibility index (Phi) is 4.33. The highest BCUT2D eigenvalue weighted by atomic mass is 16.1. The molecular formula is C9H18O. The Labute approximate surface area is 63.8 Å². The molecule has 0 aliphatic rings. The number of Topliss-reactive ketones (excluding diaryl/α,β-unsaturated/α-hetero) is 1. The Balaban J connectivity index is 3.81. The minimum atomic E-state index is 0.259. The summed E-state index contributed by atoms with van der Waals surface area (Å²) in [6.07, 6.45) is 1.79. The molecule has 60 valence electrons. The Morgan fingerprint density at radius 2 is 1.80 bits per heavy atom. The summed E-state index contributed by atoms with van der Waals surface area (Å²) in [6.45, 7) is 8.23. The quantitative estimate of drug-likeness (QED) is 0.589. The number of hydrogen-bond donors (Lipinski definition) is 0. The molecule has 10 heavy (non-hydrogen) atoms. The Bertz CT molecular complexity index is 107. The lowest BCUT2D eigenvalue weighted by atomic mass is 9.89. The first-order valence-electron chi connectivity index (χ1n) is 4.16. The van der Waals surface area contributed by atoms with Crippen molar-refractivity contribution in [3.05, 3.63) is 0 Å². The lowest BCUT2D eigenvalue weighted by Crippen LogP contribution is -2.17. The van der Waals surface area contributed by atoms with E-state index in [0.717, 1.165) is 6.42 Å². The van der Waals surface area contributed by atoms with Gasteiger partial charge in [0, 0.05) is 12.3 Å². The molecule has 0 spiro atoms. The van der Waals surface area contributed by atoms with Crippen molar-refractivity contribution in [1.29, 1.82) is 0 Å². The normalized spacial score (nSPS) is 16.4. The molecule has 0 rings (SSSR count). The van der Waals surface area contributed by atoms with Crippen molar-refractivity contribution < 1.29 is 4.79 Å². The van der Waals surface area contributed by atoms with Gasteiger partial charge < -0.3 is 0 Å². The Hall–Kier alpha value is -0.330. The molecule has 0 fully saturated rings. The Morgan fingerprint density at radius 1 is 1.30 bits per heavy atom. The zero-order valence-corrected chi connectivity index (χ0v) is 7.48. The molecular weight excluding hydrogens is 124 g/mol. The molecule has 0 aromatic rings. The maximum absolute atomic E-state index is 11.1. The van der Waals surface area contributed by atoms with Crippen molar-refractivity contribution in [2.75, 3.05) is 0 Å². The van der Waals surface area contributed by atoms with Gasteiger partial charge in [0.25, 0.3) is 0 Å². The van der Waals surface area contributed by atoms with Gasteiger partial charge >= 0.3 is 0 Å². The predicted molar refractivity (Wildman–Crippen MR) is 43.9 cm³/mol. The van der Waals surface area contributed by atoms with Gasteiger partial charge in [0.2, 0.25) is 0 Å². The van der Waals surface area contributed by atoms with Crippen molar-refractivity contribution in [3.8, 4) is 0 Å². The Morgan fingerprint density at radius 3 is 2.10 bits per heavy atom. The first-order valence-corrected chi connectivity index (χ1v) is 4.16. The van der Waals surface area contributed by atoms with E-state index in [4.69, 9.17) is 0 Å². The maximum atomic E-state index is 11.1. The largest absolute Gasteiger partial charge is 0.299 e. The standard InChI is InChI=1S/C9H18O/c1-5-7(3)8(4)9(10)6-2/h7-8H,5-6H2,1-4H3/t7-,8-/m0/s1. The molecule has 1 heteroatoms. The molecule has 0 amide bonds. The molecule has 0 heterocycles. The summed E-state index contributed by atoms with van der Waals surface area (Å²) in [7, 11) is 0. The summed E-state index contributed by atoms with van der Waals surface area (Å²) in [6, 6.07) is 0. The van der Waals surface area contributed by atoms with Crippen LogP contribution in [0, 0.1) is 11.8 Å². The number of ketones is 1. The van der Waals surface area contributed by atoms with E-state index in [-0.39, 0.29) is 5.92 Å². The van der Waals surface area contributed by atoms with Crippen LogP contribution in [0.1, 0.15) is 40.5 Å². The highest BCUT2D eigenvalue weighted by Crippen LogP contribution is 2.16. The summed E-state index contributed by atoms with van der Waals surface area (Å²) in [5, 5.41) is 0. The van der Waals surface area contributed by atoms with Crippen LogP contribution in [0.4, 0.5) is 0 Å². The third-order valence-corrected chi connectivity index (χ3v) is 2.35. The van der Waals surface area contributed by atoms with Gasteiger partial charge in [0.05, 0.1) is 0 Å². The van der Waals surface area contributed by atoms with E-state index in [9.17, 15) is 4.79 Å². The van der Waals surface area contributed by atoms with Crippen LogP contribution in [0.5, 0.6) is 0 Å². The van der Waals surface area contributed by atoms with Crippen LogP contribution in [-0.4, -0.2) is 5.78 Å². The van der Waals surface area contributed by atoms with E-state index < -0.39 is 0 Å². The predicted octanol–water partition coefficient (Wildman–Crippen LogP) is 2.65. The molecule has 1 nitrogen and oxygen atoms in total. The zero-order valence-electron chi connectivity index (χ0n) is 7.48. The molecule has 0 aromatic heterocycles. The lowest BCUT2D eigenvalue weighted by molar-refractivity contribution is -0.123. The average Bonchev–Trinajstić information content (AvgIpc) is 2.00. The van der Waals surface area contributed by atoms with Crippen molar-refractivity contribution in [2.24, 2.45) is 11.8 Å². The fourth-order valence-corrected chi connectivity index (χ4v) is 0.993. The number of hydrogen-bond acceptors (Lipinski definition) is 1. The second-order valence-corrected chi connectivity index (χ2v) is 2.99. The van der Waals surface area contributed by atoms with E-state index in [0.29, 0.717) is 18.1 Å². The first-order chi connectivity index (χ1) is 4.63. The van der Waals surface area contributed by atoms with Gasteiger partial charge in [-0.05, 0) is 5.92 Å². The lowest BCUT2D eigenvalue weighted by Gasteiger charge is -2.15. The smallest absolute Gasteiger partial charge is 0.135 e. The second-order valence-electron chi connectivity index (χ2n) is 2.99. The third-order valence-electron chi connectivity index (χ3n) is 2.35. The minimum Gasteiger partial charge on any atom is -0.299 e.